The molecule has 2 aromatic rings. The van der Waals surface area contributed by atoms with Crippen molar-refractivity contribution in [1.29, 1.82) is 5.26 Å². The van der Waals surface area contributed by atoms with Crippen molar-refractivity contribution in [2.24, 2.45) is 4.99 Å². The summed E-state index contributed by atoms with van der Waals surface area (Å²) >= 11 is 1.65. The van der Waals surface area contributed by atoms with Crippen molar-refractivity contribution in [3.63, 3.8) is 0 Å². The number of anilines is 2. The van der Waals surface area contributed by atoms with Crippen LogP contribution in [0.3, 0.4) is 0 Å². The van der Waals surface area contributed by atoms with E-state index in [9.17, 15) is 0 Å². The van der Waals surface area contributed by atoms with Crippen molar-refractivity contribution in [2.45, 2.75) is 16.5 Å². The Morgan fingerprint density at radius 2 is 2.08 bits per heavy atom. The minimum Gasteiger partial charge on any atom is -0.359 e. The van der Waals surface area contributed by atoms with Crippen LogP contribution in [0.2, 0.25) is 0 Å². The molecule has 2 aliphatic heterocycles. The van der Waals surface area contributed by atoms with E-state index in [1.165, 1.54) is 10.5 Å². The number of nitrogens with one attached hydrogen (secondary N) is 1. The molecule has 1 N–H and O–H groups in total. The highest BCUT2D eigenvalue weighted by Gasteiger charge is 2.19. The molecule has 126 valence electrons. The van der Waals surface area contributed by atoms with Gasteiger partial charge in [-0.25, -0.2) is 9.97 Å². The van der Waals surface area contributed by atoms with E-state index in [-0.39, 0.29) is 0 Å². The molecule has 1 aromatic heterocycles. The molecule has 0 unspecified atom stereocenters. The van der Waals surface area contributed by atoms with Gasteiger partial charge in [0.15, 0.2) is 5.82 Å². The number of hydrogen-bond acceptors (Lipinski definition) is 7. The van der Waals surface area contributed by atoms with Crippen molar-refractivity contribution in [2.75, 3.05) is 31.5 Å². The van der Waals surface area contributed by atoms with Gasteiger partial charge >= 0.3 is 0 Å². The quantitative estimate of drug-likeness (QED) is 0.440. The molecule has 2 aliphatic rings. The molecular formula is C17H17N7S. The summed E-state index contributed by atoms with van der Waals surface area (Å²) in [4.78, 5) is 18.0. The van der Waals surface area contributed by atoms with Gasteiger partial charge in [0.1, 0.15) is 11.4 Å². The highest BCUT2D eigenvalue weighted by molar-refractivity contribution is 7.99. The number of nitrogens with zero attached hydrogens (tertiary/aromatic N) is 6. The number of aromatic nitrogens is 2. The third-order valence-electron chi connectivity index (χ3n) is 4.26. The minimum absolute atomic E-state index is 0.822. The highest BCUT2D eigenvalue weighted by atomic mass is 32.2. The third kappa shape index (κ3) is 3.57. The SMILES string of the molecule is N#CN=CN1CCN(Cc2ccc3c(c2)Nc2nccnc2S3)CC1. The summed E-state index contributed by atoms with van der Waals surface area (Å²) in [6.07, 6.45) is 6.85. The second kappa shape index (κ2) is 7.09. The fraction of sp³-hybridized carbons (Fsp3) is 0.294. The molecule has 0 radical (unpaired) electrons. The standard InChI is InChI=1S/C17H17N7S/c18-11-19-12-24-7-5-23(6-8-24)10-13-1-2-15-14(9-13)22-16-17(25-15)21-4-3-20-16/h1-4,9,12H,5-8,10H2,(H,20,22). The first kappa shape index (κ1) is 15.9. The number of piperazine rings is 1. The molecular weight excluding hydrogens is 334 g/mol. The van der Waals surface area contributed by atoms with Gasteiger partial charge in [-0.3, -0.25) is 4.90 Å². The first-order valence-electron chi connectivity index (χ1n) is 8.09. The van der Waals surface area contributed by atoms with E-state index in [0.717, 1.165) is 49.3 Å². The Balaban J connectivity index is 1.41. The van der Waals surface area contributed by atoms with Crippen LogP contribution in [0.4, 0.5) is 11.5 Å². The Morgan fingerprint density at radius 3 is 2.92 bits per heavy atom. The largest absolute Gasteiger partial charge is 0.359 e. The van der Waals surface area contributed by atoms with E-state index in [1.54, 1.807) is 36.7 Å². The minimum atomic E-state index is 0.822. The zero-order valence-corrected chi connectivity index (χ0v) is 14.4. The molecule has 4 rings (SSSR count). The fourth-order valence-electron chi connectivity index (χ4n) is 2.98. The molecule has 0 saturated carbocycles. The Kier molecular flexibility index (Phi) is 4.50. The number of fused-ring (bicyclic) bond motifs is 2. The summed E-state index contributed by atoms with van der Waals surface area (Å²) in [5.41, 5.74) is 2.37. The lowest BCUT2D eigenvalue weighted by Gasteiger charge is -2.33. The second-order valence-electron chi connectivity index (χ2n) is 5.92. The monoisotopic (exact) mass is 351 g/mol. The number of rotatable bonds is 3. The smallest absolute Gasteiger partial charge is 0.207 e. The molecule has 1 aromatic carbocycles. The first-order chi connectivity index (χ1) is 12.3. The molecule has 0 bridgehead atoms. The first-order valence-corrected chi connectivity index (χ1v) is 8.91. The average molecular weight is 351 g/mol. The summed E-state index contributed by atoms with van der Waals surface area (Å²) in [5, 5.41) is 12.8. The van der Waals surface area contributed by atoms with Crippen molar-refractivity contribution in [3.05, 3.63) is 36.2 Å². The van der Waals surface area contributed by atoms with Crippen LogP contribution in [0, 0.1) is 11.5 Å². The van der Waals surface area contributed by atoms with Gasteiger partial charge in [0.2, 0.25) is 6.19 Å². The lowest BCUT2D eigenvalue weighted by Crippen LogP contribution is -2.45. The van der Waals surface area contributed by atoms with E-state index < -0.39 is 0 Å². The summed E-state index contributed by atoms with van der Waals surface area (Å²) in [6, 6.07) is 6.53. The topological polar surface area (TPSA) is 80.4 Å². The summed E-state index contributed by atoms with van der Waals surface area (Å²) < 4.78 is 0. The van der Waals surface area contributed by atoms with Gasteiger partial charge in [-0.2, -0.15) is 10.3 Å². The van der Waals surface area contributed by atoms with Gasteiger partial charge in [0.25, 0.3) is 0 Å². The predicted molar refractivity (Wildman–Crippen MR) is 96.8 cm³/mol. The maximum atomic E-state index is 8.50. The van der Waals surface area contributed by atoms with Crippen LogP contribution in [0.1, 0.15) is 5.56 Å². The molecule has 1 saturated heterocycles. The lowest BCUT2D eigenvalue weighted by atomic mass is 10.1. The van der Waals surface area contributed by atoms with Crippen LogP contribution in [-0.4, -0.2) is 52.3 Å². The van der Waals surface area contributed by atoms with E-state index >= 15 is 0 Å². The molecule has 0 aliphatic carbocycles. The van der Waals surface area contributed by atoms with E-state index in [4.69, 9.17) is 5.26 Å². The number of aliphatic imine (C=N–C) groups is 1. The zero-order chi connectivity index (χ0) is 17.1. The van der Waals surface area contributed by atoms with Gasteiger partial charge in [-0.1, -0.05) is 17.8 Å². The van der Waals surface area contributed by atoms with Crippen LogP contribution in [0.25, 0.3) is 0 Å². The van der Waals surface area contributed by atoms with E-state index in [1.807, 2.05) is 0 Å². The normalized spacial score (nSPS) is 16.8. The summed E-state index contributed by atoms with van der Waals surface area (Å²) in [6.45, 7) is 4.63. The van der Waals surface area contributed by atoms with Crippen LogP contribution < -0.4 is 5.32 Å². The fourth-order valence-corrected chi connectivity index (χ4v) is 3.86. The second-order valence-corrected chi connectivity index (χ2v) is 6.96. The van der Waals surface area contributed by atoms with Crippen LogP contribution >= 0.6 is 11.8 Å². The van der Waals surface area contributed by atoms with Crippen LogP contribution in [-0.2, 0) is 6.54 Å². The van der Waals surface area contributed by atoms with Crippen molar-refractivity contribution >= 4 is 29.6 Å². The Morgan fingerprint density at radius 1 is 1.24 bits per heavy atom. The summed E-state index contributed by atoms with van der Waals surface area (Å²) in [7, 11) is 0. The molecule has 0 atom stereocenters. The lowest BCUT2D eigenvalue weighted by molar-refractivity contribution is 0.178. The molecule has 0 amide bonds. The maximum Gasteiger partial charge on any atom is 0.207 e. The average Bonchev–Trinajstić information content (AvgIpc) is 2.66. The van der Waals surface area contributed by atoms with Gasteiger partial charge in [0.05, 0.1) is 5.69 Å². The number of hydrogen-bond donors (Lipinski definition) is 1. The molecule has 7 nitrogen and oxygen atoms in total. The van der Waals surface area contributed by atoms with Crippen molar-refractivity contribution in [3.8, 4) is 6.19 Å². The molecule has 0 spiro atoms. The van der Waals surface area contributed by atoms with E-state index in [2.05, 4.69) is 48.3 Å². The van der Waals surface area contributed by atoms with Gasteiger partial charge in [0, 0.05) is 50.0 Å². The molecule has 25 heavy (non-hydrogen) atoms. The Bertz CT molecular complexity index is 837. The zero-order valence-electron chi connectivity index (χ0n) is 13.6. The molecule has 3 heterocycles. The summed E-state index contributed by atoms with van der Waals surface area (Å²) in [5.74, 6) is 0.822. The predicted octanol–water partition coefficient (Wildman–Crippen LogP) is 2.31. The Labute approximate surface area is 150 Å². The van der Waals surface area contributed by atoms with Gasteiger partial charge in [-0.15, -0.1) is 0 Å². The van der Waals surface area contributed by atoms with E-state index in [0.29, 0.717) is 0 Å². The van der Waals surface area contributed by atoms with Crippen molar-refractivity contribution < 1.29 is 0 Å². The maximum absolute atomic E-state index is 8.50. The third-order valence-corrected chi connectivity index (χ3v) is 5.33. The Hall–Kier alpha value is -2.63. The van der Waals surface area contributed by atoms with Crippen LogP contribution in [0.5, 0.6) is 0 Å². The molecule has 1 fully saturated rings. The van der Waals surface area contributed by atoms with Gasteiger partial charge < -0.3 is 10.2 Å². The van der Waals surface area contributed by atoms with Crippen LogP contribution in [0.15, 0.2) is 45.5 Å². The molecule has 8 heteroatoms. The van der Waals surface area contributed by atoms with Crippen molar-refractivity contribution in [1.82, 2.24) is 19.8 Å². The highest BCUT2D eigenvalue weighted by Crippen LogP contribution is 2.42. The van der Waals surface area contributed by atoms with Gasteiger partial charge in [-0.05, 0) is 17.7 Å². The number of nitriles is 1. The number of benzene rings is 1.